The van der Waals surface area contributed by atoms with Gasteiger partial charge in [0.25, 0.3) is 11.8 Å². The van der Waals surface area contributed by atoms with Gasteiger partial charge in [0, 0.05) is 31.5 Å². The van der Waals surface area contributed by atoms with Crippen molar-refractivity contribution in [3.05, 3.63) is 47.6 Å². The van der Waals surface area contributed by atoms with E-state index in [0.29, 0.717) is 24.4 Å². The number of hydrogen-bond donors (Lipinski definition) is 1. The molecular formula is C16H20N4O3. The highest BCUT2D eigenvalue weighted by Gasteiger charge is 2.19. The zero-order chi connectivity index (χ0) is 16.7. The van der Waals surface area contributed by atoms with E-state index in [1.54, 1.807) is 29.3 Å². The number of carbonyl (C=O) groups is 2. The maximum Gasteiger partial charge on any atom is 0.273 e. The molecule has 1 N–H and O–H groups in total. The Kier molecular flexibility index (Phi) is 5.85. The molecule has 2 heterocycles. The number of nitrogens with one attached hydrogen (secondary N) is 1. The van der Waals surface area contributed by atoms with Gasteiger partial charge in [0.05, 0.1) is 12.1 Å². The number of pyridine rings is 1. The minimum absolute atomic E-state index is 0.129. The fourth-order valence-corrected chi connectivity index (χ4v) is 2.13. The number of nitrogens with zero attached hydrogens (tertiary/aromatic N) is 3. The topological polar surface area (TPSA) is 88.3 Å². The molecule has 2 rings (SSSR count). The average Bonchev–Trinajstić information content (AvgIpc) is 3.03. The van der Waals surface area contributed by atoms with Crippen molar-refractivity contribution in [1.82, 2.24) is 20.4 Å². The molecule has 0 saturated carbocycles. The van der Waals surface area contributed by atoms with E-state index >= 15 is 0 Å². The van der Waals surface area contributed by atoms with Gasteiger partial charge in [-0.1, -0.05) is 12.1 Å². The zero-order valence-electron chi connectivity index (χ0n) is 13.3. The quantitative estimate of drug-likeness (QED) is 0.842. The Labute approximate surface area is 134 Å². The predicted octanol–water partition coefficient (Wildman–Crippen LogP) is 1.87. The third-order valence-corrected chi connectivity index (χ3v) is 3.16. The van der Waals surface area contributed by atoms with Crippen molar-refractivity contribution in [3.63, 3.8) is 0 Å². The lowest BCUT2D eigenvalue weighted by Crippen LogP contribution is -2.31. The Hall–Kier alpha value is -2.70. The lowest BCUT2D eigenvalue weighted by Gasteiger charge is -2.20. The molecule has 0 saturated heterocycles. The summed E-state index contributed by atoms with van der Waals surface area (Å²) in [6.45, 7) is 5.17. The first-order chi connectivity index (χ1) is 11.2. The molecule has 0 unspecified atom stereocenters. The van der Waals surface area contributed by atoms with E-state index in [4.69, 9.17) is 4.52 Å². The second kappa shape index (κ2) is 8.07. The predicted molar refractivity (Wildman–Crippen MR) is 83.8 cm³/mol. The van der Waals surface area contributed by atoms with E-state index in [-0.39, 0.29) is 24.1 Å². The Balaban J connectivity index is 2.10. The normalized spacial score (nSPS) is 10.3. The second-order valence-corrected chi connectivity index (χ2v) is 5.01. The molecule has 2 aromatic rings. The van der Waals surface area contributed by atoms with E-state index in [2.05, 4.69) is 15.5 Å². The highest BCUT2D eigenvalue weighted by atomic mass is 16.5. The van der Waals surface area contributed by atoms with Crippen LogP contribution in [0.15, 0.2) is 35.1 Å². The van der Waals surface area contributed by atoms with Crippen LogP contribution in [0.5, 0.6) is 0 Å². The molecule has 23 heavy (non-hydrogen) atoms. The van der Waals surface area contributed by atoms with Crippen molar-refractivity contribution in [2.24, 2.45) is 0 Å². The number of aromatic nitrogens is 2. The molecule has 7 nitrogen and oxygen atoms in total. The number of rotatable bonds is 7. The Morgan fingerprint density at radius 2 is 2.17 bits per heavy atom. The molecule has 0 aromatic carbocycles. The van der Waals surface area contributed by atoms with Crippen LogP contribution in [0.1, 0.15) is 46.9 Å². The third-order valence-electron chi connectivity index (χ3n) is 3.16. The first-order valence-corrected chi connectivity index (χ1v) is 7.58. The van der Waals surface area contributed by atoms with Crippen molar-refractivity contribution < 1.29 is 14.1 Å². The van der Waals surface area contributed by atoms with Crippen LogP contribution in [0.25, 0.3) is 0 Å². The lowest BCUT2D eigenvalue weighted by molar-refractivity contribution is 0.0726. The van der Waals surface area contributed by atoms with E-state index in [1.807, 2.05) is 13.8 Å². The molecule has 0 atom stereocenters. The van der Waals surface area contributed by atoms with Gasteiger partial charge in [-0.05, 0) is 25.5 Å². The molecule has 7 heteroatoms. The van der Waals surface area contributed by atoms with Crippen LogP contribution in [-0.2, 0) is 6.54 Å². The maximum absolute atomic E-state index is 12.5. The molecule has 0 radical (unpaired) electrons. The van der Waals surface area contributed by atoms with Gasteiger partial charge in [-0.3, -0.25) is 14.6 Å². The SMILES string of the molecule is CCCN(Cc1cc(C(=O)NCC)no1)C(=O)c1cccnc1. The number of hydrogen-bond acceptors (Lipinski definition) is 5. The fraction of sp³-hybridized carbons (Fsp3) is 0.375. The minimum atomic E-state index is -0.289. The van der Waals surface area contributed by atoms with Gasteiger partial charge >= 0.3 is 0 Å². The molecule has 122 valence electrons. The number of amides is 2. The third kappa shape index (κ3) is 4.38. The van der Waals surface area contributed by atoms with Gasteiger partial charge in [0.15, 0.2) is 11.5 Å². The number of carbonyl (C=O) groups excluding carboxylic acids is 2. The molecule has 0 spiro atoms. The highest BCUT2D eigenvalue weighted by Crippen LogP contribution is 2.11. The zero-order valence-corrected chi connectivity index (χ0v) is 13.3. The molecule has 0 aliphatic rings. The summed E-state index contributed by atoms with van der Waals surface area (Å²) in [5.74, 6) is 0.0518. The van der Waals surface area contributed by atoms with Crippen LogP contribution in [-0.4, -0.2) is 39.9 Å². The first-order valence-electron chi connectivity index (χ1n) is 7.58. The summed E-state index contributed by atoms with van der Waals surface area (Å²) in [5, 5.41) is 6.39. The molecular weight excluding hydrogens is 296 g/mol. The first kappa shape index (κ1) is 16.7. The standard InChI is InChI=1S/C16H20N4O3/c1-3-8-20(16(22)12-6-5-7-17-10-12)11-13-9-14(19-23-13)15(21)18-4-2/h5-7,9-10H,3-4,8,11H2,1-2H3,(H,18,21). The second-order valence-electron chi connectivity index (χ2n) is 5.01. The average molecular weight is 316 g/mol. The summed E-state index contributed by atoms with van der Waals surface area (Å²) in [6.07, 6.45) is 3.96. The van der Waals surface area contributed by atoms with Gasteiger partial charge in [0.2, 0.25) is 0 Å². The molecule has 0 aliphatic heterocycles. The smallest absolute Gasteiger partial charge is 0.273 e. The van der Waals surface area contributed by atoms with Crippen molar-refractivity contribution in [2.45, 2.75) is 26.8 Å². The van der Waals surface area contributed by atoms with Crippen LogP contribution < -0.4 is 5.32 Å². The lowest BCUT2D eigenvalue weighted by atomic mass is 10.2. The molecule has 2 amide bonds. The molecule has 2 aromatic heterocycles. The van der Waals surface area contributed by atoms with Crippen molar-refractivity contribution in [3.8, 4) is 0 Å². The van der Waals surface area contributed by atoms with E-state index in [9.17, 15) is 9.59 Å². The van der Waals surface area contributed by atoms with Crippen molar-refractivity contribution >= 4 is 11.8 Å². The van der Waals surface area contributed by atoms with E-state index < -0.39 is 0 Å². The Bertz CT molecular complexity index is 654. The summed E-state index contributed by atoms with van der Waals surface area (Å²) < 4.78 is 5.17. The summed E-state index contributed by atoms with van der Waals surface area (Å²) in [5.41, 5.74) is 0.733. The largest absolute Gasteiger partial charge is 0.359 e. The van der Waals surface area contributed by atoms with Gasteiger partial charge < -0.3 is 14.7 Å². The van der Waals surface area contributed by atoms with Crippen LogP contribution in [0, 0.1) is 0 Å². The van der Waals surface area contributed by atoms with Crippen LogP contribution in [0.4, 0.5) is 0 Å². The highest BCUT2D eigenvalue weighted by molar-refractivity contribution is 5.94. The van der Waals surface area contributed by atoms with Crippen LogP contribution >= 0.6 is 0 Å². The van der Waals surface area contributed by atoms with Crippen molar-refractivity contribution in [1.29, 1.82) is 0 Å². The van der Waals surface area contributed by atoms with Crippen LogP contribution in [0.3, 0.4) is 0 Å². The minimum Gasteiger partial charge on any atom is -0.359 e. The molecule has 0 aliphatic carbocycles. The molecule has 0 bridgehead atoms. The summed E-state index contributed by atoms with van der Waals surface area (Å²) >= 11 is 0. The summed E-state index contributed by atoms with van der Waals surface area (Å²) in [6, 6.07) is 5.00. The van der Waals surface area contributed by atoms with E-state index in [0.717, 1.165) is 6.42 Å². The summed E-state index contributed by atoms with van der Waals surface area (Å²) in [4.78, 5) is 29.8. The van der Waals surface area contributed by atoms with Crippen LogP contribution in [0.2, 0.25) is 0 Å². The molecule has 0 fully saturated rings. The van der Waals surface area contributed by atoms with Gasteiger partial charge in [-0.2, -0.15) is 0 Å². The monoisotopic (exact) mass is 316 g/mol. The summed E-state index contributed by atoms with van der Waals surface area (Å²) in [7, 11) is 0. The maximum atomic E-state index is 12.5. The Morgan fingerprint density at radius 3 is 2.83 bits per heavy atom. The Morgan fingerprint density at radius 1 is 1.35 bits per heavy atom. The van der Waals surface area contributed by atoms with Crippen molar-refractivity contribution in [2.75, 3.05) is 13.1 Å². The van der Waals surface area contributed by atoms with Gasteiger partial charge in [-0.25, -0.2) is 0 Å². The van der Waals surface area contributed by atoms with Gasteiger partial charge in [0.1, 0.15) is 0 Å². The fourth-order valence-electron chi connectivity index (χ4n) is 2.13. The van der Waals surface area contributed by atoms with E-state index in [1.165, 1.54) is 6.20 Å². The van der Waals surface area contributed by atoms with Gasteiger partial charge in [-0.15, -0.1) is 0 Å².